The lowest BCUT2D eigenvalue weighted by molar-refractivity contribution is 0.101. The lowest BCUT2D eigenvalue weighted by Crippen LogP contribution is -2.49. The van der Waals surface area contributed by atoms with Crippen LogP contribution in [0.2, 0.25) is 0 Å². The Labute approximate surface area is 166 Å². The molecule has 1 aromatic heterocycles. The Balaban J connectivity index is 1.52. The third-order valence-electron chi connectivity index (χ3n) is 4.95. The van der Waals surface area contributed by atoms with Gasteiger partial charge in [-0.2, -0.15) is 5.10 Å². The maximum absolute atomic E-state index is 11.5. The highest BCUT2D eigenvalue weighted by Crippen LogP contribution is 2.15. The number of carbonyl (C=O) groups excluding carboxylic acids is 1. The maximum Gasteiger partial charge on any atom is 0.173 e. The first-order chi connectivity index (χ1) is 13.0. The van der Waals surface area contributed by atoms with Crippen molar-refractivity contribution < 1.29 is 4.79 Å². The summed E-state index contributed by atoms with van der Waals surface area (Å²) in [6.07, 6.45) is 2.15. The average molecular weight is 386 g/mol. The van der Waals surface area contributed by atoms with E-state index in [0.29, 0.717) is 10.7 Å². The van der Waals surface area contributed by atoms with Crippen molar-refractivity contribution in [2.45, 2.75) is 33.9 Å². The van der Waals surface area contributed by atoms with E-state index in [0.717, 1.165) is 50.6 Å². The van der Waals surface area contributed by atoms with Gasteiger partial charge in [0.05, 0.1) is 5.69 Å². The summed E-state index contributed by atoms with van der Waals surface area (Å²) < 4.78 is 2.00. The van der Waals surface area contributed by atoms with E-state index in [-0.39, 0.29) is 5.78 Å². The monoisotopic (exact) mass is 385 g/mol. The van der Waals surface area contributed by atoms with Gasteiger partial charge in [-0.15, -0.1) is 0 Å². The number of nitrogens with zero attached hydrogens (tertiary/aromatic N) is 4. The van der Waals surface area contributed by atoms with Crippen LogP contribution in [-0.2, 0) is 13.1 Å². The second-order valence-electron chi connectivity index (χ2n) is 6.93. The number of Topliss-reactive ketones (excluding diaryl/α,β-unsaturated/α-hetero) is 1. The minimum absolute atomic E-state index is 0.0554. The van der Waals surface area contributed by atoms with Gasteiger partial charge in [-0.25, -0.2) is 0 Å². The van der Waals surface area contributed by atoms with Crippen LogP contribution in [0.5, 0.6) is 0 Å². The number of aromatic nitrogens is 2. The molecule has 0 radical (unpaired) electrons. The Morgan fingerprint density at radius 1 is 1.26 bits per heavy atom. The molecule has 1 fully saturated rings. The summed E-state index contributed by atoms with van der Waals surface area (Å²) in [5.41, 5.74) is 3.96. The normalized spacial score (nSPS) is 15.0. The van der Waals surface area contributed by atoms with Gasteiger partial charge < -0.3 is 10.2 Å². The number of thiocarbonyl (C=S) groups is 1. The molecule has 0 atom stereocenters. The Morgan fingerprint density at radius 3 is 2.63 bits per heavy atom. The number of aryl methyl sites for hydroxylation is 2. The lowest BCUT2D eigenvalue weighted by Gasteiger charge is -2.36. The number of anilines is 1. The predicted octanol–water partition coefficient (Wildman–Crippen LogP) is 2.93. The topological polar surface area (TPSA) is 53.4 Å². The molecular formula is C20H27N5OS. The first-order valence-electron chi connectivity index (χ1n) is 9.38. The zero-order valence-corrected chi connectivity index (χ0v) is 17.1. The molecule has 0 spiro atoms. The molecule has 2 aromatic rings. The summed E-state index contributed by atoms with van der Waals surface area (Å²) in [6, 6.07) is 7.47. The van der Waals surface area contributed by atoms with Crippen LogP contribution in [0.3, 0.4) is 0 Å². The first kappa shape index (κ1) is 19.5. The SMILES string of the molecule is CCn1cc(CN2CCN(C(=S)Nc3cccc(C(C)=O)c3)CC2)c(C)n1. The van der Waals surface area contributed by atoms with Crippen LogP contribution in [0, 0.1) is 6.92 Å². The summed E-state index contributed by atoms with van der Waals surface area (Å²) in [5, 5.41) is 8.51. The number of hydrogen-bond donors (Lipinski definition) is 1. The standard InChI is InChI=1S/C20H27N5OS/c1-4-25-14-18(15(2)22-25)13-23-8-10-24(11-9-23)20(27)21-19-7-5-6-17(12-19)16(3)26/h5-7,12,14H,4,8-11,13H2,1-3H3,(H,21,27). The Hall–Kier alpha value is -2.25. The summed E-state index contributed by atoms with van der Waals surface area (Å²) in [5.74, 6) is 0.0554. The van der Waals surface area contributed by atoms with Crippen molar-refractivity contribution in [1.82, 2.24) is 19.6 Å². The van der Waals surface area contributed by atoms with Gasteiger partial charge in [0.15, 0.2) is 10.9 Å². The van der Waals surface area contributed by atoms with E-state index >= 15 is 0 Å². The molecule has 1 aromatic carbocycles. The lowest BCUT2D eigenvalue weighted by atomic mass is 10.1. The van der Waals surface area contributed by atoms with Crippen molar-refractivity contribution in [2.24, 2.45) is 0 Å². The molecule has 1 saturated heterocycles. The van der Waals surface area contributed by atoms with E-state index in [2.05, 4.69) is 40.3 Å². The van der Waals surface area contributed by atoms with Gasteiger partial charge >= 0.3 is 0 Å². The quantitative estimate of drug-likeness (QED) is 0.631. The van der Waals surface area contributed by atoms with Crippen LogP contribution in [0.15, 0.2) is 30.5 Å². The highest BCUT2D eigenvalue weighted by atomic mass is 32.1. The van der Waals surface area contributed by atoms with Gasteiger partial charge in [-0.05, 0) is 45.1 Å². The fourth-order valence-electron chi connectivity index (χ4n) is 3.24. The number of hydrogen-bond acceptors (Lipinski definition) is 4. The van der Waals surface area contributed by atoms with Crippen LogP contribution >= 0.6 is 12.2 Å². The van der Waals surface area contributed by atoms with E-state index < -0.39 is 0 Å². The zero-order chi connectivity index (χ0) is 19.4. The highest BCUT2D eigenvalue weighted by Gasteiger charge is 2.20. The minimum Gasteiger partial charge on any atom is -0.346 e. The number of carbonyl (C=O) groups is 1. The molecule has 3 rings (SSSR count). The van der Waals surface area contributed by atoms with E-state index in [1.165, 1.54) is 5.56 Å². The van der Waals surface area contributed by atoms with Gasteiger partial charge in [-0.3, -0.25) is 14.4 Å². The molecule has 0 bridgehead atoms. The number of benzene rings is 1. The van der Waals surface area contributed by atoms with E-state index in [9.17, 15) is 4.79 Å². The molecule has 1 aliphatic rings. The van der Waals surface area contributed by atoms with Gasteiger partial charge in [-0.1, -0.05) is 12.1 Å². The Kier molecular flexibility index (Phi) is 6.23. The zero-order valence-electron chi connectivity index (χ0n) is 16.2. The molecule has 0 amide bonds. The summed E-state index contributed by atoms with van der Waals surface area (Å²) in [4.78, 5) is 16.2. The number of nitrogens with one attached hydrogen (secondary N) is 1. The molecule has 1 aliphatic heterocycles. The van der Waals surface area contributed by atoms with Gasteiger partial charge in [0, 0.05) is 62.3 Å². The van der Waals surface area contributed by atoms with Crippen molar-refractivity contribution in [1.29, 1.82) is 0 Å². The maximum atomic E-state index is 11.5. The van der Waals surface area contributed by atoms with Crippen LogP contribution in [0.25, 0.3) is 0 Å². The van der Waals surface area contributed by atoms with Crippen LogP contribution < -0.4 is 5.32 Å². The number of rotatable bonds is 5. The third kappa shape index (κ3) is 4.93. The highest BCUT2D eigenvalue weighted by molar-refractivity contribution is 7.80. The molecule has 1 N–H and O–H groups in total. The number of ketones is 1. The molecule has 0 unspecified atom stereocenters. The van der Waals surface area contributed by atoms with Gasteiger partial charge in [0.2, 0.25) is 0 Å². The second kappa shape index (κ2) is 8.63. The predicted molar refractivity (Wildman–Crippen MR) is 112 cm³/mol. The van der Waals surface area contributed by atoms with Crippen molar-refractivity contribution in [2.75, 3.05) is 31.5 Å². The van der Waals surface area contributed by atoms with E-state index in [1.807, 2.05) is 28.9 Å². The number of piperazine rings is 1. The van der Waals surface area contributed by atoms with Crippen LogP contribution in [0.4, 0.5) is 5.69 Å². The van der Waals surface area contributed by atoms with Gasteiger partial charge in [0.25, 0.3) is 0 Å². The van der Waals surface area contributed by atoms with Gasteiger partial charge in [0.1, 0.15) is 0 Å². The molecular weight excluding hydrogens is 358 g/mol. The molecule has 2 heterocycles. The second-order valence-corrected chi connectivity index (χ2v) is 7.31. The Bertz CT molecular complexity index is 824. The largest absolute Gasteiger partial charge is 0.346 e. The molecule has 0 aliphatic carbocycles. The van der Waals surface area contributed by atoms with Crippen molar-refractivity contribution >= 4 is 28.8 Å². The van der Waals surface area contributed by atoms with Crippen molar-refractivity contribution in [3.05, 3.63) is 47.3 Å². The van der Waals surface area contributed by atoms with Crippen LogP contribution in [-0.4, -0.2) is 56.7 Å². The molecule has 144 valence electrons. The molecule has 7 heteroatoms. The summed E-state index contributed by atoms with van der Waals surface area (Å²) >= 11 is 5.57. The Morgan fingerprint density at radius 2 is 2.00 bits per heavy atom. The molecule has 27 heavy (non-hydrogen) atoms. The smallest absolute Gasteiger partial charge is 0.173 e. The summed E-state index contributed by atoms with van der Waals surface area (Å²) in [7, 11) is 0. The fourth-order valence-corrected chi connectivity index (χ4v) is 3.55. The van der Waals surface area contributed by atoms with Crippen molar-refractivity contribution in [3.8, 4) is 0 Å². The average Bonchev–Trinajstić information content (AvgIpc) is 3.02. The van der Waals surface area contributed by atoms with Crippen LogP contribution in [0.1, 0.15) is 35.5 Å². The third-order valence-corrected chi connectivity index (χ3v) is 5.31. The minimum atomic E-state index is 0.0554. The summed E-state index contributed by atoms with van der Waals surface area (Å²) in [6.45, 7) is 11.3. The van der Waals surface area contributed by atoms with E-state index in [4.69, 9.17) is 12.2 Å². The molecule has 0 saturated carbocycles. The van der Waals surface area contributed by atoms with E-state index in [1.54, 1.807) is 6.92 Å². The molecule has 6 nitrogen and oxygen atoms in total. The fraction of sp³-hybridized carbons (Fsp3) is 0.450. The first-order valence-corrected chi connectivity index (χ1v) is 9.79. The van der Waals surface area contributed by atoms with Crippen molar-refractivity contribution in [3.63, 3.8) is 0 Å².